The molecule has 0 spiro atoms. The number of hydrogen-bond donors (Lipinski definition) is 0. The molecule has 2 aliphatic rings. The van der Waals surface area contributed by atoms with Crippen molar-refractivity contribution in [3.63, 3.8) is 0 Å². The van der Waals surface area contributed by atoms with E-state index in [0.29, 0.717) is 16.6 Å². The molecule has 1 aromatic heterocycles. The molecule has 0 atom stereocenters. The number of nitrogens with zero attached hydrogens (tertiary/aromatic N) is 2. The lowest BCUT2D eigenvalue weighted by Gasteiger charge is -2.45. The van der Waals surface area contributed by atoms with Crippen molar-refractivity contribution in [2.75, 3.05) is 9.80 Å². The van der Waals surface area contributed by atoms with E-state index < -0.39 is 0 Å². The molecule has 0 aliphatic carbocycles. The van der Waals surface area contributed by atoms with Gasteiger partial charge in [0.15, 0.2) is 0 Å². The first kappa shape index (κ1) is 37.0. The van der Waals surface area contributed by atoms with Gasteiger partial charge in [-0.05, 0) is 98.8 Å². The van der Waals surface area contributed by atoms with Crippen molar-refractivity contribution < 1.29 is 0 Å². The predicted molar refractivity (Wildman–Crippen MR) is 244 cm³/mol. The smallest absolute Gasteiger partial charge is 0.264 e. The standard InChI is InChI=1S/C45H42B6N2S/c1-23-19-31-39-32(20-23)53(41-37(49)35(47)34(46)36(48)38(41)50)30-17-13-26(45(8,9)10)22-29(30)51(39)42-40(28-21-25(44(5,6)7)14-18-33(28)54-42)52(31)27-15-11-24(12-16-27)43(2,3)4/h11-22H,1-10H3. The SMILES string of the molecule is [B]c1c([B])c([B])c(N2c3ccc(C(C)(C)C)cc3B3c4sc5ccc(C(C)(C)C)cc5c4N(c4ccc(C(C)(C)C)cc4)c4cc(C)cc2c43)c([B])c1[B]. The quantitative estimate of drug-likeness (QED) is 0.230. The molecule has 54 heavy (non-hydrogen) atoms. The van der Waals surface area contributed by atoms with E-state index in [9.17, 15) is 0 Å². The molecule has 0 unspecified atom stereocenters. The van der Waals surface area contributed by atoms with Gasteiger partial charge in [0.05, 0.1) is 5.69 Å². The molecule has 256 valence electrons. The van der Waals surface area contributed by atoms with Crippen LogP contribution in [0.25, 0.3) is 10.1 Å². The van der Waals surface area contributed by atoms with Crippen LogP contribution < -0.4 is 52.8 Å². The van der Waals surface area contributed by atoms with E-state index in [1.807, 2.05) is 11.3 Å². The van der Waals surface area contributed by atoms with Gasteiger partial charge < -0.3 is 9.80 Å². The topological polar surface area (TPSA) is 6.48 Å². The zero-order valence-corrected chi connectivity index (χ0v) is 34.0. The Hall–Kier alpha value is -3.95. The summed E-state index contributed by atoms with van der Waals surface area (Å²) in [5, 5.41) is 1.26. The summed E-state index contributed by atoms with van der Waals surface area (Å²) in [5.41, 5.74) is 14.5. The zero-order valence-electron chi connectivity index (χ0n) is 33.2. The number of fused-ring (bicyclic) bond motifs is 6. The molecule has 2 aliphatic heterocycles. The molecule has 0 amide bonds. The van der Waals surface area contributed by atoms with Crippen molar-refractivity contribution in [2.24, 2.45) is 0 Å². The highest BCUT2D eigenvalue weighted by atomic mass is 32.1. The van der Waals surface area contributed by atoms with Gasteiger partial charge in [-0.1, -0.05) is 104 Å². The average molecular weight is 708 g/mol. The van der Waals surface area contributed by atoms with Crippen molar-refractivity contribution in [1.29, 1.82) is 0 Å². The van der Waals surface area contributed by atoms with Crippen molar-refractivity contribution in [1.82, 2.24) is 0 Å². The van der Waals surface area contributed by atoms with Crippen LogP contribution in [0.1, 0.15) is 84.6 Å². The lowest BCUT2D eigenvalue weighted by atomic mass is 9.36. The number of anilines is 6. The van der Waals surface area contributed by atoms with Crippen LogP contribution in [0.3, 0.4) is 0 Å². The van der Waals surface area contributed by atoms with Crippen LogP contribution >= 0.6 is 11.3 Å². The van der Waals surface area contributed by atoms with E-state index in [4.69, 9.17) is 39.2 Å². The van der Waals surface area contributed by atoms with Gasteiger partial charge in [-0.25, -0.2) is 0 Å². The van der Waals surface area contributed by atoms with Crippen molar-refractivity contribution in [2.45, 2.75) is 85.5 Å². The van der Waals surface area contributed by atoms with Crippen molar-refractivity contribution >= 4 is 145 Å². The van der Waals surface area contributed by atoms with E-state index >= 15 is 0 Å². The number of rotatable bonds is 2. The van der Waals surface area contributed by atoms with Crippen molar-refractivity contribution in [3.05, 3.63) is 95.1 Å². The molecule has 0 saturated heterocycles. The van der Waals surface area contributed by atoms with Crippen LogP contribution in [0.15, 0.2) is 72.8 Å². The molecule has 0 saturated carbocycles. The van der Waals surface area contributed by atoms with Crippen LogP contribution in [0.5, 0.6) is 0 Å². The fourth-order valence-corrected chi connectivity index (χ4v) is 9.55. The minimum atomic E-state index is -0.0928. The second-order valence-corrected chi connectivity index (χ2v) is 19.4. The maximum Gasteiger partial charge on any atom is 0.264 e. The number of aryl methyl sites for hydroxylation is 1. The lowest BCUT2D eigenvalue weighted by Crippen LogP contribution is -2.62. The predicted octanol–water partition coefficient (Wildman–Crippen LogP) is 5.15. The molecule has 0 fully saturated rings. The van der Waals surface area contributed by atoms with Crippen LogP contribution in [-0.2, 0) is 16.2 Å². The van der Waals surface area contributed by atoms with Gasteiger partial charge in [0, 0.05) is 43.3 Å². The third kappa shape index (κ3) is 5.58. The first-order valence-electron chi connectivity index (χ1n) is 18.8. The summed E-state index contributed by atoms with van der Waals surface area (Å²) < 4.78 is 2.57. The fraction of sp³-hybridized carbons (Fsp3) is 0.289. The number of benzene rings is 5. The number of thiophene rings is 1. The van der Waals surface area contributed by atoms with E-state index in [0.717, 1.165) is 28.3 Å². The van der Waals surface area contributed by atoms with E-state index in [1.54, 1.807) is 0 Å². The number of hydrogen-bond acceptors (Lipinski definition) is 3. The van der Waals surface area contributed by atoms with Crippen LogP contribution in [0.4, 0.5) is 34.1 Å². The molecule has 3 heterocycles. The first-order valence-corrected chi connectivity index (χ1v) is 19.6. The van der Waals surface area contributed by atoms with Crippen molar-refractivity contribution in [3.8, 4) is 0 Å². The Labute approximate surface area is 333 Å². The van der Waals surface area contributed by atoms with E-state index in [-0.39, 0.29) is 39.3 Å². The van der Waals surface area contributed by atoms with Crippen LogP contribution in [0.2, 0.25) is 0 Å². The highest BCUT2D eigenvalue weighted by Crippen LogP contribution is 2.48. The van der Waals surface area contributed by atoms with Gasteiger partial charge in [0.2, 0.25) is 0 Å². The normalized spacial score (nSPS) is 14.0. The summed E-state index contributed by atoms with van der Waals surface area (Å²) in [5.74, 6) is 0. The Balaban J connectivity index is 1.53. The monoisotopic (exact) mass is 708 g/mol. The Bertz CT molecular complexity index is 2500. The fourth-order valence-electron chi connectivity index (χ4n) is 8.25. The molecule has 2 nitrogen and oxygen atoms in total. The lowest BCUT2D eigenvalue weighted by molar-refractivity contribution is 0.590. The van der Waals surface area contributed by atoms with E-state index in [2.05, 4.69) is 152 Å². The maximum atomic E-state index is 6.91. The summed E-state index contributed by atoms with van der Waals surface area (Å²) in [6.45, 7) is 22.5. The molecule has 5 aromatic carbocycles. The molecule has 9 heteroatoms. The minimum absolute atomic E-state index is 0.0132. The molecule has 0 bridgehead atoms. The van der Waals surface area contributed by atoms with Gasteiger partial charge >= 0.3 is 0 Å². The first-order chi connectivity index (χ1) is 25.2. The second kappa shape index (κ2) is 12.3. The third-order valence-corrected chi connectivity index (χ3v) is 12.6. The molecule has 0 N–H and O–H groups in total. The minimum Gasteiger partial charge on any atom is -0.313 e. The molecular weight excluding hydrogens is 665 g/mol. The van der Waals surface area contributed by atoms with E-state index in [1.165, 1.54) is 48.2 Å². The summed E-state index contributed by atoms with van der Waals surface area (Å²) in [4.78, 5) is 4.67. The highest BCUT2D eigenvalue weighted by Gasteiger charge is 2.46. The Morgan fingerprint density at radius 2 is 1.02 bits per heavy atom. The average Bonchev–Trinajstić information content (AvgIpc) is 3.48. The third-order valence-electron chi connectivity index (χ3n) is 11.4. The molecule has 6 aromatic rings. The van der Waals surface area contributed by atoms with Gasteiger partial charge in [0.1, 0.15) is 39.2 Å². The van der Waals surface area contributed by atoms with Gasteiger partial charge in [-0.2, -0.15) is 0 Å². The zero-order chi connectivity index (χ0) is 39.0. The summed E-state index contributed by atoms with van der Waals surface area (Å²) >= 11 is 1.89. The summed E-state index contributed by atoms with van der Waals surface area (Å²) in [6.07, 6.45) is 0. The molecule has 8 rings (SSSR count). The van der Waals surface area contributed by atoms with Gasteiger partial charge in [-0.3, -0.25) is 0 Å². The second-order valence-electron chi connectivity index (χ2n) is 18.3. The van der Waals surface area contributed by atoms with Crippen LogP contribution in [0, 0.1) is 6.92 Å². The highest BCUT2D eigenvalue weighted by molar-refractivity contribution is 7.33. The van der Waals surface area contributed by atoms with Crippen LogP contribution in [-0.4, -0.2) is 45.9 Å². The maximum absolute atomic E-state index is 6.91. The van der Waals surface area contributed by atoms with Gasteiger partial charge in [-0.15, -0.1) is 27.7 Å². The molecular formula is C45H42B6N2S. The Morgan fingerprint density at radius 3 is 1.59 bits per heavy atom. The summed E-state index contributed by atoms with van der Waals surface area (Å²) in [6, 6.07) is 27.5. The Kier molecular flexibility index (Phi) is 8.41. The molecule has 10 radical (unpaired) electrons. The largest absolute Gasteiger partial charge is 0.313 e. The van der Waals surface area contributed by atoms with Gasteiger partial charge in [0.25, 0.3) is 6.71 Å². The summed E-state index contributed by atoms with van der Waals surface area (Å²) in [7, 11) is 33.3. The Morgan fingerprint density at radius 1 is 0.519 bits per heavy atom.